The van der Waals surface area contributed by atoms with Crippen molar-refractivity contribution in [2.24, 2.45) is 0 Å². The highest BCUT2D eigenvalue weighted by atomic mass is 16.5. The Morgan fingerprint density at radius 3 is 2.33 bits per heavy atom. The van der Waals surface area contributed by atoms with E-state index in [1.165, 1.54) is 11.1 Å². The Hall–Kier alpha value is -2.29. The van der Waals surface area contributed by atoms with Gasteiger partial charge in [-0.3, -0.25) is 4.79 Å². The molecule has 0 saturated carbocycles. The predicted octanol–water partition coefficient (Wildman–Crippen LogP) is 3.35. The quantitative estimate of drug-likeness (QED) is 0.866. The van der Waals surface area contributed by atoms with Crippen LogP contribution in [0.5, 0.6) is 11.5 Å². The highest BCUT2D eigenvalue weighted by Gasteiger charge is 2.28. The minimum absolute atomic E-state index is 0.0993. The molecule has 0 aliphatic heterocycles. The molecule has 21 heavy (non-hydrogen) atoms. The number of fused-ring (bicyclic) bond motifs is 1. The number of Topliss-reactive ketones (excluding diaryl/α,β-unsaturated/α-hetero) is 1. The smallest absolute Gasteiger partial charge is 0.161 e. The van der Waals surface area contributed by atoms with Gasteiger partial charge in [0, 0.05) is 18.8 Å². The van der Waals surface area contributed by atoms with E-state index in [2.05, 4.69) is 12.1 Å². The van der Waals surface area contributed by atoms with Gasteiger partial charge in [0.25, 0.3) is 0 Å². The van der Waals surface area contributed by atoms with Crippen LogP contribution in [0.3, 0.4) is 0 Å². The van der Waals surface area contributed by atoms with Crippen LogP contribution in [-0.2, 0) is 11.2 Å². The van der Waals surface area contributed by atoms with Crippen molar-refractivity contribution in [2.75, 3.05) is 14.2 Å². The number of rotatable bonds is 3. The number of methoxy groups -OCH3 is 2. The lowest BCUT2D eigenvalue weighted by Gasteiger charge is -2.26. The second kappa shape index (κ2) is 5.60. The number of ether oxygens (including phenoxy) is 2. The zero-order chi connectivity index (χ0) is 14.8. The van der Waals surface area contributed by atoms with Gasteiger partial charge in [0.2, 0.25) is 0 Å². The summed E-state index contributed by atoms with van der Waals surface area (Å²) in [5, 5.41) is 0. The van der Waals surface area contributed by atoms with Crippen molar-refractivity contribution in [3.8, 4) is 11.5 Å². The van der Waals surface area contributed by atoms with Crippen molar-refractivity contribution in [3.63, 3.8) is 0 Å². The fourth-order valence-corrected chi connectivity index (χ4v) is 3.02. The molecular weight excluding hydrogens is 264 g/mol. The molecule has 0 spiro atoms. The molecule has 3 rings (SSSR count). The van der Waals surface area contributed by atoms with Crippen LogP contribution in [0.15, 0.2) is 42.5 Å². The molecular formula is C18H18O3. The maximum absolute atomic E-state index is 12.1. The van der Waals surface area contributed by atoms with Gasteiger partial charge in [-0.2, -0.15) is 0 Å². The molecule has 1 aliphatic rings. The van der Waals surface area contributed by atoms with E-state index in [1.807, 2.05) is 30.3 Å². The maximum atomic E-state index is 12.1. The van der Waals surface area contributed by atoms with Gasteiger partial charge in [-0.1, -0.05) is 30.3 Å². The Morgan fingerprint density at radius 1 is 1.00 bits per heavy atom. The van der Waals surface area contributed by atoms with Crippen LogP contribution >= 0.6 is 0 Å². The van der Waals surface area contributed by atoms with Crippen molar-refractivity contribution in [2.45, 2.75) is 18.8 Å². The van der Waals surface area contributed by atoms with Gasteiger partial charge in [-0.05, 0) is 28.8 Å². The van der Waals surface area contributed by atoms with E-state index < -0.39 is 0 Å². The van der Waals surface area contributed by atoms with Crippen molar-refractivity contribution in [1.82, 2.24) is 0 Å². The summed E-state index contributed by atoms with van der Waals surface area (Å²) >= 11 is 0. The van der Waals surface area contributed by atoms with E-state index in [4.69, 9.17) is 9.47 Å². The van der Waals surface area contributed by atoms with Crippen LogP contribution in [0.1, 0.15) is 29.0 Å². The summed E-state index contributed by atoms with van der Waals surface area (Å²) in [5.74, 6) is 1.76. The zero-order valence-corrected chi connectivity index (χ0v) is 12.3. The Labute approximate surface area is 124 Å². The molecule has 2 aromatic carbocycles. The molecule has 3 nitrogen and oxygen atoms in total. The van der Waals surface area contributed by atoms with Crippen molar-refractivity contribution in [3.05, 3.63) is 59.2 Å². The van der Waals surface area contributed by atoms with E-state index >= 15 is 0 Å². The summed E-state index contributed by atoms with van der Waals surface area (Å²) < 4.78 is 10.7. The normalized spacial score (nSPS) is 17.2. The molecule has 0 amide bonds. The number of carbonyl (C=O) groups is 1. The van der Waals surface area contributed by atoms with E-state index in [1.54, 1.807) is 14.2 Å². The second-order valence-corrected chi connectivity index (χ2v) is 5.29. The standard InChI is InChI=1S/C18H18O3/c1-20-17-9-13-8-14(19)10-15(12-6-4-3-5-7-12)16(13)11-18(17)21-2/h3-7,9,11,15H,8,10H2,1-2H3. The molecule has 0 saturated heterocycles. The number of hydrogen-bond donors (Lipinski definition) is 0. The Bertz CT molecular complexity index is 662. The van der Waals surface area contributed by atoms with E-state index in [-0.39, 0.29) is 11.7 Å². The minimum atomic E-state index is 0.0993. The summed E-state index contributed by atoms with van der Waals surface area (Å²) in [5.41, 5.74) is 3.37. The van der Waals surface area contributed by atoms with E-state index in [9.17, 15) is 4.79 Å². The monoisotopic (exact) mass is 282 g/mol. The molecule has 2 aromatic rings. The van der Waals surface area contributed by atoms with Gasteiger partial charge in [0.1, 0.15) is 5.78 Å². The van der Waals surface area contributed by atoms with Gasteiger partial charge < -0.3 is 9.47 Å². The lowest BCUT2D eigenvalue weighted by molar-refractivity contribution is -0.119. The molecule has 0 heterocycles. The van der Waals surface area contributed by atoms with E-state index in [0.29, 0.717) is 24.3 Å². The van der Waals surface area contributed by atoms with Gasteiger partial charge in [-0.15, -0.1) is 0 Å². The third-order valence-corrected chi connectivity index (χ3v) is 4.04. The number of hydrogen-bond acceptors (Lipinski definition) is 3. The van der Waals surface area contributed by atoms with Gasteiger partial charge in [-0.25, -0.2) is 0 Å². The van der Waals surface area contributed by atoms with Crippen molar-refractivity contribution >= 4 is 5.78 Å². The van der Waals surface area contributed by atoms with Gasteiger partial charge >= 0.3 is 0 Å². The van der Waals surface area contributed by atoms with Crippen LogP contribution in [-0.4, -0.2) is 20.0 Å². The maximum Gasteiger partial charge on any atom is 0.161 e. The Balaban J connectivity index is 2.13. The first-order valence-corrected chi connectivity index (χ1v) is 7.04. The highest BCUT2D eigenvalue weighted by molar-refractivity contribution is 5.85. The molecule has 1 unspecified atom stereocenters. The summed E-state index contributed by atoms with van der Waals surface area (Å²) in [6.45, 7) is 0. The number of carbonyl (C=O) groups excluding carboxylic acids is 1. The fraction of sp³-hybridized carbons (Fsp3) is 0.278. The molecule has 0 radical (unpaired) electrons. The minimum Gasteiger partial charge on any atom is -0.493 e. The predicted molar refractivity (Wildman–Crippen MR) is 81.2 cm³/mol. The van der Waals surface area contributed by atoms with Crippen LogP contribution in [0.2, 0.25) is 0 Å². The molecule has 108 valence electrons. The lowest BCUT2D eigenvalue weighted by Crippen LogP contribution is -2.19. The fourth-order valence-electron chi connectivity index (χ4n) is 3.02. The number of ketones is 1. The molecule has 1 aliphatic carbocycles. The topological polar surface area (TPSA) is 35.5 Å². The first-order chi connectivity index (χ1) is 10.2. The zero-order valence-electron chi connectivity index (χ0n) is 12.3. The molecule has 0 aromatic heterocycles. The van der Waals surface area contributed by atoms with Crippen LogP contribution in [0.4, 0.5) is 0 Å². The molecule has 1 atom stereocenters. The van der Waals surface area contributed by atoms with Crippen molar-refractivity contribution < 1.29 is 14.3 Å². The summed E-state index contributed by atoms with van der Waals surface area (Å²) in [4.78, 5) is 12.1. The van der Waals surface area contributed by atoms with Crippen LogP contribution in [0.25, 0.3) is 0 Å². The SMILES string of the molecule is COc1cc2c(cc1OC)C(c1ccccc1)CC(=O)C2. The second-order valence-electron chi connectivity index (χ2n) is 5.29. The van der Waals surface area contributed by atoms with E-state index in [0.717, 1.165) is 5.56 Å². The van der Waals surface area contributed by atoms with Gasteiger partial charge in [0.15, 0.2) is 11.5 Å². The summed E-state index contributed by atoms with van der Waals surface area (Å²) in [6, 6.07) is 14.1. The first-order valence-electron chi connectivity index (χ1n) is 7.04. The average Bonchev–Trinajstić information content (AvgIpc) is 2.53. The molecule has 0 N–H and O–H groups in total. The molecule has 3 heteroatoms. The lowest BCUT2D eigenvalue weighted by atomic mass is 9.78. The van der Waals surface area contributed by atoms with Crippen molar-refractivity contribution in [1.29, 1.82) is 0 Å². The third kappa shape index (κ3) is 2.51. The molecule has 0 fully saturated rings. The average molecular weight is 282 g/mol. The first kappa shape index (κ1) is 13.7. The molecule has 0 bridgehead atoms. The van der Waals surface area contributed by atoms with Crippen LogP contribution < -0.4 is 9.47 Å². The highest BCUT2D eigenvalue weighted by Crippen LogP contribution is 2.40. The third-order valence-electron chi connectivity index (χ3n) is 4.04. The number of benzene rings is 2. The summed E-state index contributed by atoms with van der Waals surface area (Å²) in [7, 11) is 3.25. The Morgan fingerprint density at radius 2 is 1.67 bits per heavy atom. The summed E-state index contributed by atoms with van der Waals surface area (Å²) in [6.07, 6.45) is 1.02. The van der Waals surface area contributed by atoms with Crippen LogP contribution in [0, 0.1) is 0 Å². The Kier molecular flexibility index (Phi) is 3.65. The van der Waals surface area contributed by atoms with Gasteiger partial charge in [0.05, 0.1) is 14.2 Å². The largest absolute Gasteiger partial charge is 0.493 e.